The molecule has 0 N–H and O–H groups in total. The highest BCUT2D eigenvalue weighted by molar-refractivity contribution is 6.05. The molecule has 3 nitrogen and oxygen atoms in total. The molecule has 0 atom stereocenters. The number of hydrogen-bond acceptors (Lipinski definition) is 3. The van der Waals surface area contributed by atoms with Crippen molar-refractivity contribution in [3.8, 4) is 67.5 Å². The van der Waals surface area contributed by atoms with Gasteiger partial charge in [-0.1, -0.05) is 176 Å². The minimum atomic E-state index is -0.391. The molecule has 3 heteroatoms. The van der Waals surface area contributed by atoms with Crippen LogP contribution in [-0.2, 0) is 5.41 Å². The summed E-state index contributed by atoms with van der Waals surface area (Å²) in [6, 6.07) is 67.4. The molecule has 0 aliphatic heterocycles. The van der Waals surface area contributed by atoms with Gasteiger partial charge in [-0.25, -0.2) is 15.0 Å². The van der Waals surface area contributed by atoms with Crippen molar-refractivity contribution in [2.45, 2.75) is 5.41 Å². The normalized spacial score (nSPS) is 13.1. The number of nitrogens with zero attached hydrogens (tertiary/aromatic N) is 3. The van der Waals surface area contributed by atoms with Crippen LogP contribution in [0.2, 0.25) is 0 Å². The summed E-state index contributed by atoms with van der Waals surface area (Å²) >= 11 is 0. The predicted molar refractivity (Wildman–Crippen MR) is 215 cm³/mol. The highest BCUT2D eigenvalue weighted by Crippen LogP contribution is 2.63. The summed E-state index contributed by atoms with van der Waals surface area (Å²) in [7, 11) is 0. The third-order valence-corrected chi connectivity index (χ3v) is 11.2. The Bertz CT molecular complexity index is 2770. The van der Waals surface area contributed by atoms with E-state index in [1.165, 1.54) is 55.6 Å². The second-order valence-corrected chi connectivity index (χ2v) is 13.9. The van der Waals surface area contributed by atoms with Gasteiger partial charge in [-0.2, -0.15) is 0 Å². The Morgan fingerprint density at radius 1 is 0.264 bits per heavy atom. The molecule has 246 valence electrons. The number of rotatable bonds is 4. The Hall–Kier alpha value is -6.97. The van der Waals surface area contributed by atoms with Crippen molar-refractivity contribution in [2.75, 3.05) is 0 Å². The van der Waals surface area contributed by atoms with Gasteiger partial charge in [0.2, 0.25) is 0 Å². The lowest BCUT2D eigenvalue weighted by Crippen LogP contribution is -2.25. The van der Waals surface area contributed by atoms with E-state index in [9.17, 15) is 0 Å². The van der Waals surface area contributed by atoms with Gasteiger partial charge in [-0.05, 0) is 78.5 Å². The lowest BCUT2D eigenvalue weighted by atomic mass is 9.70. The van der Waals surface area contributed by atoms with Gasteiger partial charge in [0.15, 0.2) is 17.5 Å². The summed E-state index contributed by atoms with van der Waals surface area (Å²) in [4.78, 5) is 15.1. The van der Waals surface area contributed by atoms with Crippen molar-refractivity contribution >= 4 is 10.8 Å². The van der Waals surface area contributed by atoms with E-state index < -0.39 is 5.41 Å². The summed E-state index contributed by atoms with van der Waals surface area (Å²) in [5, 5.41) is 2.26. The molecule has 53 heavy (non-hydrogen) atoms. The average Bonchev–Trinajstić information content (AvgIpc) is 3.71. The van der Waals surface area contributed by atoms with Crippen LogP contribution in [0.25, 0.3) is 78.3 Å². The van der Waals surface area contributed by atoms with Gasteiger partial charge in [0.1, 0.15) is 0 Å². The zero-order valence-corrected chi connectivity index (χ0v) is 28.7. The third kappa shape index (κ3) is 4.31. The fraction of sp³-hybridized carbons (Fsp3) is 0.0200. The molecule has 2 aliphatic rings. The van der Waals surface area contributed by atoms with Gasteiger partial charge in [0, 0.05) is 16.7 Å². The van der Waals surface area contributed by atoms with Crippen molar-refractivity contribution in [2.24, 2.45) is 0 Å². The Morgan fingerprint density at radius 3 is 1.21 bits per heavy atom. The van der Waals surface area contributed by atoms with Gasteiger partial charge >= 0.3 is 0 Å². The molecule has 9 aromatic rings. The van der Waals surface area contributed by atoms with Crippen LogP contribution >= 0.6 is 0 Å². The van der Waals surface area contributed by atoms with Crippen LogP contribution in [0.4, 0.5) is 0 Å². The zero-order chi connectivity index (χ0) is 34.9. The first-order valence-electron chi connectivity index (χ1n) is 18.1. The van der Waals surface area contributed by atoms with E-state index in [1.54, 1.807) is 0 Å². The van der Waals surface area contributed by atoms with Crippen LogP contribution in [-0.4, -0.2) is 15.0 Å². The number of fused-ring (bicyclic) bond motifs is 11. The van der Waals surface area contributed by atoms with E-state index in [0.717, 1.165) is 27.5 Å². The molecule has 0 amide bonds. The first kappa shape index (κ1) is 29.7. The molecule has 11 rings (SSSR count). The lowest BCUT2D eigenvalue weighted by molar-refractivity contribution is 0.794. The molecule has 0 saturated heterocycles. The first-order chi connectivity index (χ1) is 26.3. The molecule has 1 aromatic heterocycles. The molecule has 1 spiro atoms. The van der Waals surface area contributed by atoms with Gasteiger partial charge in [-0.15, -0.1) is 0 Å². The van der Waals surface area contributed by atoms with E-state index in [1.807, 2.05) is 36.4 Å². The molecular formula is C50H31N3. The Balaban J connectivity index is 1.12. The molecule has 8 aromatic carbocycles. The van der Waals surface area contributed by atoms with E-state index in [4.69, 9.17) is 15.0 Å². The van der Waals surface area contributed by atoms with Gasteiger partial charge < -0.3 is 0 Å². The monoisotopic (exact) mass is 673 g/mol. The van der Waals surface area contributed by atoms with Crippen LogP contribution in [0.3, 0.4) is 0 Å². The number of aromatic nitrogens is 3. The highest BCUT2D eigenvalue weighted by Gasteiger charge is 2.51. The van der Waals surface area contributed by atoms with Crippen LogP contribution in [0.15, 0.2) is 188 Å². The maximum absolute atomic E-state index is 5.09. The summed E-state index contributed by atoms with van der Waals surface area (Å²) in [6.45, 7) is 0. The van der Waals surface area contributed by atoms with Crippen LogP contribution in [0.1, 0.15) is 22.3 Å². The van der Waals surface area contributed by atoms with Crippen molar-refractivity contribution in [1.82, 2.24) is 15.0 Å². The second-order valence-electron chi connectivity index (χ2n) is 13.9. The Morgan fingerprint density at radius 2 is 0.660 bits per heavy atom. The van der Waals surface area contributed by atoms with Crippen LogP contribution < -0.4 is 0 Å². The molecular weight excluding hydrogens is 643 g/mol. The van der Waals surface area contributed by atoms with Crippen LogP contribution in [0, 0.1) is 0 Å². The van der Waals surface area contributed by atoms with Gasteiger partial charge in [-0.3, -0.25) is 0 Å². The maximum Gasteiger partial charge on any atom is 0.164 e. The standard InChI is InChI=1S/C50H31N3/c1-3-15-32(16-4-1)47-51-48(33-17-5-2-6-18-33)53-49(52-47)42-30-29-35(36-19-7-8-20-37(36)42)34-27-28-41-40-23-11-14-26-45(40)50(46(41)31-34)43-24-12-9-21-38(43)39-22-10-13-25-44(39)50/h1-31H. The maximum atomic E-state index is 5.09. The zero-order valence-electron chi connectivity index (χ0n) is 28.7. The average molecular weight is 674 g/mol. The largest absolute Gasteiger partial charge is 0.208 e. The number of benzene rings is 8. The van der Waals surface area contributed by atoms with E-state index >= 15 is 0 Å². The van der Waals surface area contributed by atoms with Crippen molar-refractivity contribution in [1.29, 1.82) is 0 Å². The third-order valence-electron chi connectivity index (χ3n) is 11.2. The summed E-state index contributed by atoms with van der Waals surface area (Å²) in [5.41, 5.74) is 15.5. The minimum Gasteiger partial charge on any atom is -0.208 e. The van der Waals surface area contributed by atoms with E-state index in [0.29, 0.717) is 17.5 Å². The fourth-order valence-electron chi connectivity index (χ4n) is 8.94. The van der Waals surface area contributed by atoms with E-state index in [-0.39, 0.29) is 0 Å². The predicted octanol–water partition coefficient (Wildman–Crippen LogP) is 12.0. The summed E-state index contributed by atoms with van der Waals surface area (Å²) in [5.74, 6) is 1.97. The molecule has 0 unspecified atom stereocenters. The van der Waals surface area contributed by atoms with Crippen LogP contribution in [0.5, 0.6) is 0 Å². The van der Waals surface area contributed by atoms with Crippen molar-refractivity contribution in [3.63, 3.8) is 0 Å². The molecule has 2 aliphatic carbocycles. The summed E-state index contributed by atoms with van der Waals surface area (Å²) in [6.07, 6.45) is 0. The lowest BCUT2D eigenvalue weighted by Gasteiger charge is -2.30. The fourth-order valence-corrected chi connectivity index (χ4v) is 8.94. The first-order valence-corrected chi connectivity index (χ1v) is 18.1. The SMILES string of the molecule is c1ccc(-c2nc(-c3ccccc3)nc(-c3ccc(-c4ccc5c(c4)C4(c6ccccc6-c6ccccc64)c4ccccc4-5)c4ccccc34)n2)cc1. The Labute approximate surface area is 308 Å². The Kier molecular flexibility index (Phi) is 6.47. The minimum absolute atomic E-state index is 0.391. The smallest absolute Gasteiger partial charge is 0.164 e. The molecule has 1 heterocycles. The quantitative estimate of drug-likeness (QED) is 0.187. The molecule has 0 saturated carbocycles. The topological polar surface area (TPSA) is 38.7 Å². The number of hydrogen-bond donors (Lipinski definition) is 0. The van der Waals surface area contributed by atoms with Crippen molar-refractivity contribution < 1.29 is 0 Å². The second kappa shape index (κ2) is 11.5. The molecule has 0 radical (unpaired) electrons. The highest BCUT2D eigenvalue weighted by atomic mass is 15.0. The van der Waals surface area contributed by atoms with Gasteiger partial charge in [0.25, 0.3) is 0 Å². The van der Waals surface area contributed by atoms with Gasteiger partial charge in [0.05, 0.1) is 5.41 Å². The van der Waals surface area contributed by atoms with Crippen molar-refractivity contribution in [3.05, 3.63) is 210 Å². The van der Waals surface area contributed by atoms with E-state index in [2.05, 4.69) is 152 Å². The molecule has 0 bridgehead atoms. The summed E-state index contributed by atoms with van der Waals surface area (Å²) < 4.78 is 0. The molecule has 0 fully saturated rings.